The average Bonchev–Trinajstić information content (AvgIpc) is 2.85. The fraction of sp³-hybridized carbons (Fsp3) is 0.300. The highest BCUT2D eigenvalue weighted by molar-refractivity contribution is 5.97. The monoisotopic (exact) mass is 374 g/mol. The summed E-state index contributed by atoms with van der Waals surface area (Å²) in [5.74, 6) is -2.68. The predicted octanol–water partition coefficient (Wildman–Crippen LogP) is 1.35. The third-order valence-electron chi connectivity index (χ3n) is 4.87. The summed E-state index contributed by atoms with van der Waals surface area (Å²) >= 11 is 0. The van der Waals surface area contributed by atoms with Crippen LogP contribution in [0.2, 0.25) is 0 Å². The molecule has 3 atom stereocenters. The van der Waals surface area contributed by atoms with Gasteiger partial charge in [-0.15, -0.1) is 0 Å². The fourth-order valence-corrected chi connectivity index (χ4v) is 3.56. The zero-order valence-corrected chi connectivity index (χ0v) is 14.7. The van der Waals surface area contributed by atoms with Crippen molar-refractivity contribution in [2.24, 2.45) is 5.73 Å². The molecule has 1 aliphatic carbocycles. The van der Waals surface area contributed by atoms with Crippen LogP contribution in [0.3, 0.4) is 0 Å². The van der Waals surface area contributed by atoms with E-state index in [9.17, 15) is 23.5 Å². The minimum atomic E-state index is -1.62. The van der Waals surface area contributed by atoms with E-state index in [-0.39, 0.29) is 18.4 Å². The summed E-state index contributed by atoms with van der Waals surface area (Å²) < 4.78 is 26.5. The quantitative estimate of drug-likeness (QED) is 0.737. The molecule has 4 N–H and O–H groups in total. The van der Waals surface area contributed by atoms with Gasteiger partial charge in [0.15, 0.2) is 5.78 Å². The minimum absolute atomic E-state index is 0.151. The summed E-state index contributed by atoms with van der Waals surface area (Å²) in [5.41, 5.74) is 6.14. The molecule has 1 amide bonds. The van der Waals surface area contributed by atoms with Gasteiger partial charge in [-0.05, 0) is 35.7 Å². The normalized spacial score (nSPS) is 22.2. The van der Waals surface area contributed by atoms with Crippen LogP contribution in [0.5, 0.6) is 0 Å². The van der Waals surface area contributed by atoms with Crippen molar-refractivity contribution in [2.45, 2.75) is 37.5 Å². The lowest BCUT2D eigenvalue weighted by Crippen LogP contribution is -2.58. The first kappa shape index (κ1) is 19.1. The Morgan fingerprint density at radius 2 is 1.89 bits per heavy atom. The zero-order valence-electron chi connectivity index (χ0n) is 14.7. The van der Waals surface area contributed by atoms with E-state index >= 15 is 0 Å². The zero-order chi connectivity index (χ0) is 19.8. The fourth-order valence-electron chi connectivity index (χ4n) is 3.56. The molecule has 0 bridgehead atoms. The lowest BCUT2D eigenvalue weighted by Gasteiger charge is -2.30. The van der Waals surface area contributed by atoms with Crippen molar-refractivity contribution < 1.29 is 23.5 Å². The first-order valence-electron chi connectivity index (χ1n) is 8.55. The lowest BCUT2D eigenvalue weighted by atomic mass is 9.83. The second kappa shape index (κ2) is 7.17. The van der Waals surface area contributed by atoms with Gasteiger partial charge in [0.05, 0.1) is 18.6 Å². The smallest absolute Gasteiger partial charge is 0.224 e. The molecule has 0 saturated heterocycles. The molecule has 0 radical (unpaired) electrons. The van der Waals surface area contributed by atoms with Crippen molar-refractivity contribution in [3.63, 3.8) is 0 Å². The highest BCUT2D eigenvalue weighted by Gasteiger charge is 2.50. The molecule has 2 aromatic carbocycles. The molecule has 0 fully saturated rings. The number of amides is 1. The molecule has 0 spiro atoms. The van der Waals surface area contributed by atoms with Crippen LogP contribution in [0.1, 0.15) is 23.6 Å². The topological polar surface area (TPSA) is 92.4 Å². The van der Waals surface area contributed by atoms with Gasteiger partial charge in [-0.25, -0.2) is 8.78 Å². The number of carbonyl (C=O) groups excluding carboxylic acids is 2. The van der Waals surface area contributed by atoms with Crippen LogP contribution in [0, 0.1) is 11.6 Å². The van der Waals surface area contributed by atoms with Crippen LogP contribution in [0.4, 0.5) is 8.78 Å². The summed E-state index contributed by atoms with van der Waals surface area (Å²) in [6.07, 6.45) is -1.14. The maximum absolute atomic E-state index is 13.2. The number of aliphatic hydroxyl groups excluding tert-OH is 1. The number of nitrogens with two attached hydrogens (primary N) is 1. The van der Waals surface area contributed by atoms with Gasteiger partial charge in [0, 0.05) is 12.5 Å². The van der Waals surface area contributed by atoms with Crippen molar-refractivity contribution in [1.29, 1.82) is 0 Å². The minimum Gasteiger partial charge on any atom is -0.390 e. The Morgan fingerprint density at radius 1 is 1.26 bits per heavy atom. The summed E-state index contributed by atoms with van der Waals surface area (Å²) in [4.78, 5) is 25.1. The van der Waals surface area contributed by atoms with Gasteiger partial charge in [-0.3, -0.25) is 9.59 Å². The molecule has 2 aromatic rings. The summed E-state index contributed by atoms with van der Waals surface area (Å²) in [6.45, 7) is 1.47. The standard InChI is InChI=1S/C20H20F2N2O3/c1-11(24-18(26)8-12-6-14(21)10-15(22)7-12)19(27)20(23)16-5-3-2-4-13(16)9-17(20)25/h2-7,10-11,17,25H,8-9,23H2,1H3,(H,24,26). The van der Waals surface area contributed by atoms with Crippen LogP contribution in [0.25, 0.3) is 0 Å². The van der Waals surface area contributed by atoms with E-state index in [0.29, 0.717) is 11.6 Å². The molecule has 1 aliphatic rings. The molecular formula is C20H20F2N2O3. The highest BCUT2D eigenvalue weighted by Crippen LogP contribution is 2.36. The van der Waals surface area contributed by atoms with Gasteiger partial charge in [-0.2, -0.15) is 0 Å². The largest absolute Gasteiger partial charge is 0.390 e. The first-order chi connectivity index (χ1) is 12.7. The molecule has 3 rings (SSSR count). The Labute approximate surface area is 155 Å². The van der Waals surface area contributed by atoms with Gasteiger partial charge in [0.25, 0.3) is 0 Å². The van der Waals surface area contributed by atoms with Crippen LogP contribution in [-0.2, 0) is 28.0 Å². The highest BCUT2D eigenvalue weighted by atomic mass is 19.1. The van der Waals surface area contributed by atoms with E-state index < -0.39 is 41.0 Å². The molecular weight excluding hydrogens is 354 g/mol. The third kappa shape index (κ3) is 3.61. The number of carbonyl (C=O) groups is 2. The van der Waals surface area contributed by atoms with Crippen molar-refractivity contribution in [2.75, 3.05) is 0 Å². The maximum atomic E-state index is 13.2. The van der Waals surface area contributed by atoms with E-state index in [4.69, 9.17) is 5.73 Å². The molecule has 7 heteroatoms. The van der Waals surface area contributed by atoms with Crippen LogP contribution in [-0.4, -0.2) is 28.9 Å². The molecule has 142 valence electrons. The molecule has 27 heavy (non-hydrogen) atoms. The molecule has 0 aliphatic heterocycles. The second-order valence-electron chi connectivity index (χ2n) is 6.85. The van der Waals surface area contributed by atoms with Crippen LogP contribution < -0.4 is 11.1 Å². The summed E-state index contributed by atoms with van der Waals surface area (Å²) in [6, 6.07) is 8.84. The number of rotatable bonds is 5. The molecule has 0 saturated carbocycles. The first-order valence-corrected chi connectivity index (χ1v) is 8.55. The number of hydrogen-bond acceptors (Lipinski definition) is 4. The van der Waals surface area contributed by atoms with E-state index in [2.05, 4.69) is 5.32 Å². The SMILES string of the molecule is CC(NC(=O)Cc1cc(F)cc(F)c1)C(=O)C1(N)c2ccccc2CC1O. The van der Waals surface area contributed by atoms with Gasteiger partial charge in [0.1, 0.15) is 17.2 Å². The second-order valence-corrected chi connectivity index (χ2v) is 6.85. The molecule has 5 nitrogen and oxygen atoms in total. The Hall–Kier alpha value is -2.64. The number of aliphatic hydroxyl groups is 1. The van der Waals surface area contributed by atoms with Gasteiger partial charge < -0.3 is 16.2 Å². The van der Waals surface area contributed by atoms with Crippen molar-refractivity contribution in [3.8, 4) is 0 Å². The number of halogens is 2. The Bertz CT molecular complexity index is 882. The number of Topliss-reactive ketones (excluding diaryl/α,β-unsaturated/α-hetero) is 1. The Balaban J connectivity index is 1.73. The van der Waals surface area contributed by atoms with E-state index in [1.807, 2.05) is 0 Å². The van der Waals surface area contributed by atoms with E-state index in [0.717, 1.165) is 17.7 Å². The van der Waals surface area contributed by atoms with Crippen LogP contribution in [0.15, 0.2) is 42.5 Å². The van der Waals surface area contributed by atoms with Crippen LogP contribution >= 0.6 is 0 Å². The Kier molecular flexibility index (Phi) is 5.08. The summed E-state index contributed by atoms with van der Waals surface area (Å²) in [5, 5.41) is 12.9. The van der Waals surface area contributed by atoms with Crippen molar-refractivity contribution >= 4 is 11.7 Å². The number of ketones is 1. The number of nitrogens with one attached hydrogen (secondary N) is 1. The third-order valence-corrected chi connectivity index (χ3v) is 4.87. The summed E-state index contributed by atoms with van der Waals surface area (Å²) in [7, 11) is 0. The van der Waals surface area contributed by atoms with E-state index in [1.165, 1.54) is 6.92 Å². The maximum Gasteiger partial charge on any atom is 0.224 e. The lowest BCUT2D eigenvalue weighted by molar-refractivity contribution is -0.133. The molecule has 3 unspecified atom stereocenters. The van der Waals surface area contributed by atoms with Gasteiger partial charge in [-0.1, -0.05) is 24.3 Å². The number of benzene rings is 2. The molecule has 0 heterocycles. The Morgan fingerprint density at radius 3 is 2.56 bits per heavy atom. The van der Waals surface area contributed by atoms with Crippen molar-refractivity contribution in [3.05, 3.63) is 70.8 Å². The predicted molar refractivity (Wildman–Crippen MR) is 94.7 cm³/mol. The van der Waals surface area contributed by atoms with Crippen molar-refractivity contribution in [1.82, 2.24) is 5.32 Å². The van der Waals surface area contributed by atoms with Gasteiger partial charge >= 0.3 is 0 Å². The van der Waals surface area contributed by atoms with Gasteiger partial charge in [0.2, 0.25) is 5.91 Å². The number of fused-ring (bicyclic) bond motifs is 1. The van der Waals surface area contributed by atoms with E-state index in [1.54, 1.807) is 24.3 Å². The average molecular weight is 374 g/mol. The number of hydrogen-bond donors (Lipinski definition) is 3. The molecule has 0 aromatic heterocycles.